The molecule has 1 aromatic heterocycles. The van der Waals surface area contributed by atoms with Crippen molar-refractivity contribution in [3.8, 4) is 11.5 Å². The Morgan fingerprint density at radius 1 is 1.19 bits per heavy atom. The summed E-state index contributed by atoms with van der Waals surface area (Å²) in [6.45, 7) is 7.73. The highest BCUT2D eigenvalue weighted by Gasteiger charge is 2.19. The number of non-ortho nitro benzene ring substituents is 1. The molecule has 1 aromatic carbocycles. The number of nitro groups is 2. The van der Waals surface area contributed by atoms with Crippen LogP contribution in [0.15, 0.2) is 36.7 Å². The van der Waals surface area contributed by atoms with Gasteiger partial charge < -0.3 is 14.6 Å². The molecule has 0 aliphatic heterocycles. The first-order valence-electron chi connectivity index (χ1n) is 8.87. The normalized spacial score (nSPS) is 10.3. The molecule has 3 N–H and O–H groups in total. The van der Waals surface area contributed by atoms with Gasteiger partial charge in [-0.3, -0.25) is 25.5 Å². The number of hydrogen-bond donors (Lipinski definition) is 2. The number of nitrogens with one attached hydrogen (secondary N) is 1. The predicted molar refractivity (Wildman–Crippen MR) is 107 cm³/mol. The van der Waals surface area contributed by atoms with Crippen molar-refractivity contribution in [2.45, 2.75) is 33.3 Å². The van der Waals surface area contributed by atoms with Crippen LogP contribution >= 0.6 is 0 Å². The van der Waals surface area contributed by atoms with Crippen LogP contribution in [0.1, 0.15) is 27.7 Å². The Morgan fingerprint density at radius 2 is 1.84 bits per heavy atom. The number of nitrogens with zero attached hydrogens (tertiary/aromatic N) is 3. The molecule has 1 amide bonds. The van der Waals surface area contributed by atoms with E-state index in [-0.39, 0.29) is 0 Å². The van der Waals surface area contributed by atoms with Crippen molar-refractivity contribution in [1.29, 1.82) is 0 Å². The standard InChI is InChI=1S/C12H19N3O3.C6H4N2O5/c1-5-17-10-8-15(13)7-6-9(10)14-11(16)18-12(2,3)4;9-6-2-1-4(7(10)11)3-5(6)8(12)13/h6-8H,5,13H2,1-4H3;1-3,9H. The lowest BCUT2D eigenvalue weighted by atomic mass is 10.2. The Balaban J connectivity index is 0.000000327. The summed E-state index contributed by atoms with van der Waals surface area (Å²) in [6, 6.07) is 4.02. The molecule has 0 bridgehead atoms. The molecule has 13 heteroatoms. The number of amides is 1. The highest BCUT2D eigenvalue weighted by Crippen LogP contribution is 2.27. The van der Waals surface area contributed by atoms with Crippen molar-refractivity contribution in [2.24, 2.45) is 0 Å². The molecular weight excluding hydrogens is 414 g/mol. The highest BCUT2D eigenvalue weighted by atomic mass is 16.6. The molecule has 0 atom stereocenters. The molecular formula is C18H23N5O8. The van der Waals surface area contributed by atoms with Crippen LogP contribution in [-0.4, -0.2) is 28.1 Å². The molecule has 31 heavy (non-hydrogen) atoms. The number of nitrogens with two attached hydrogens (primary N) is 1. The van der Waals surface area contributed by atoms with E-state index in [1.165, 1.54) is 4.68 Å². The van der Waals surface area contributed by atoms with Crippen LogP contribution in [0.25, 0.3) is 0 Å². The molecule has 0 aliphatic rings. The average Bonchev–Trinajstić information content (AvgIpc) is 2.63. The van der Waals surface area contributed by atoms with Crippen molar-refractivity contribution in [1.82, 2.24) is 0 Å². The Morgan fingerprint density at radius 3 is 2.35 bits per heavy atom. The van der Waals surface area contributed by atoms with Crippen molar-refractivity contribution in [2.75, 3.05) is 17.8 Å². The van der Waals surface area contributed by atoms with E-state index in [2.05, 4.69) is 5.32 Å². The number of nitrogen functional groups attached to an aromatic ring is 1. The molecule has 0 fully saturated rings. The summed E-state index contributed by atoms with van der Waals surface area (Å²) in [5.41, 5.74) is -1.27. The summed E-state index contributed by atoms with van der Waals surface area (Å²) in [5.74, 6) is 5.24. The SMILES string of the molecule is CCOc1c[n+](N)ccc1NC(=O)OC(C)(C)C.O=[N+]([O-])c1ccc([O-])c([N+](=O)[O-])c1. The van der Waals surface area contributed by atoms with E-state index in [0.29, 0.717) is 24.1 Å². The number of aromatic nitrogens is 1. The predicted octanol–water partition coefficient (Wildman–Crippen LogP) is 2.01. The average molecular weight is 437 g/mol. The van der Waals surface area contributed by atoms with E-state index in [1.807, 2.05) is 6.92 Å². The summed E-state index contributed by atoms with van der Waals surface area (Å²) in [5, 5.41) is 33.7. The van der Waals surface area contributed by atoms with Gasteiger partial charge in [-0.1, -0.05) is 10.7 Å². The number of carbonyl (C=O) groups is 1. The molecule has 13 nitrogen and oxygen atoms in total. The van der Waals surface area contributed by atoms with Crippen LogP contribution in [0.4, 0.5) is 21.9 Å². The minimum absolute atomic E-state index is 0.466. The van der Waals surface area contributed by atoms with Crippen LogP contribution in [0.2, 0.25) is 0 Å². The Kier molecular flexibility index (Phi) is 8.48. The van der Waals surface area contributed by atoms with Gasteiger partial charge in [0.2, 0.25) is 18.1 Å². The first kappa shape index (κ1) is 24.9. The van der Waals surface area contributed by atoms with Gasteiger partial charge in [-0.05, 0) is 33.4 Å². The first-order chi connectivity index (χ1) is 14.3. The van der Waals surface area contributed by atoms with Gasteiger partial charge in [0.1, 0.15) is 5.60 Å². The van der Waals surface area contributed by atoms with Crippen LogP contribution < -0.4 is 25.7 Å². The summed E-state index contributed by atoms with van der Waals surface area (Å²) in [4.78, 5) is 30.2. The van der Waals surface area contributed by atoms with Crippen LogP contribution in [0.3, 0.4) is 0 Å². The van der Waals surface area contributed by atoms with Gasteiger partial charge in [0, 0.05) is 12.1 Å². The molecule has 0 saturated heterocycles. The monoisotopic (exact) mass is 437 g/mol. The van der Waals surface area contributed by atoms with Gasteiger partial charge >= 0.3 is 6.09 Å². The van der Waals surface area contributed by atoms with Crippen LogP contribution in [-0.2, 0) is 4.74 Å². The molecule has 0 radical (unpaired) electrons. The van der Waals surface area contributed by atoms with E-state index in [0.717, 1.165) is 12.1 Å². The Hall–Kier alpha value is -4.16. The second-order valence-electron chi connectivity index (χ2n) is 6.90. The van der Waals surface area contributed by atoms with E-state index < -0.39 is 38.7 Å². The zero-order valence-corrected chi connectivity index (χ0v) is 17.4. The number of benzene rings is 1. The largest absolute Gasteiger partial charge is 0.868 e. The summed E-state index contributed by atoms with van der Waals surface area (Å²) < 4.78 is 11.9. The Bertz CT molecular complexity index is 958. The summed E-state index contributed by atoms with van der Waals surface area (Å²) >= 11 is 0. The van der Waals surface area contributed by atoms with Crippen molar-refractivity contribution >= 4 is 23.2 Å². The number of ether oxygens (including phenoxy) is 2. The molecule has 168 valence electrons. The smallest absolute Gasteiger partial charge is 0.412 e. The number of carbonyl (C=O) groups excluding carboxylic acids is 1. The number of anilines is 1. The minimum atomic E-state index is -0.949. The molecule has 2 rings (SSSR count). The molecule has 1 heterocycles. The topological polar surface area (TPSA) is 187 Å². The number of hydrogen-bond acceptors (Lipinski definition) is 9. The fraction of sp³-hybridized carbons (Fsp3) is 0.333. The first-order valence-corrected chi connectivity index (χ1v) is 8.87. The van der Waals surface area contributed by atoms with Gasteiger partial charge in [0.05, 0.1) is 28.2 Å². The maximum absolute atomic E-state index is 11.6. The third kappa shape index (κ3) is 8.39. The summed E-state index contributed by atoms with van der Waals surface area (Å²) in [7, 11) is 0. The molecule has 2 aromatic rings. The lowest BCUT2D eigenvalue weighted by Crippen LogP contribution is -2.43. The van der Waals surface area contributed by atoms with Gasteiger partial charge in [-0.2, -0.15) is 0 Å². The fourth-order valence-corrected chi connectivity index (χ4v) is 2.04. The Labute approximate surface area is 177 Å². The second kappa shape index (κ2) is 10.6. The maximum atomic E-state index is 11.6. The molecule has 0 saturated carbocycles. The van der Waals surface area contributed by atoms with E-state index >= 15 is 0 Å². The van der Waals surface area contributed by atoms with Gasteiger partial charge in [0.25, 0.3) is 11.4 Å². The zero-order valence-electron chi connectivity index (χ0n) is 17.4. The van der Waals surface area contributed by atoms with Gasteiger partial charge in [-0.15, -0.1) is 0 Å². The van der Waals surface area contributed by atoms with Crippen LogP contribution in [0, 0.1) is 20.2 Å². The van der Waals surface area contributed by atoms with Crippen molar-refractivity contribution in [3.05, 3.63) is 56.9 Å². The van der Waals surface area contributed by atoms with Crippen molar-refractivity contribution in [3.63, 3.8) is 0 Å². The quantitative estimate of drug-likeness (QED) is 0.305. The lowest BCUT2D eigenvalue weighted by Gasteiger charge is -2.20. The van der Waals surface area contributed by atoms with E-state index in [1.54, 1.807) is 39.2 Å². The number of rotatable bonds is 5. The maximum Gasteiger partial charge on any atom is 0.412 e. The second-order valence-corrected chi connectivity index (χ2v) is 6.90. The van der Waals surface area contributed by atoms with Crippen LogP contribution in [0.5, 0.6) is 11.5 Å². The third-order valence-electron chi connectivity index (χ3n) is 3.23. The summed E-state index contributed by atoms with van der Waals surface area (Å²) in [6.07, 6.45) is 2.66. The highest BCUT2D eigenvalue weighted by molar-refractivity contribution is 5.86. The minimum Gasteiger partial charge on any atom is -0.868 e. The number of pyridine rings is 1. The molecule has 0 unspecified atom stereocenters. The van der Waals surface area contributed by atoms with Gasteiger partial charge in [-0.25, -0.2) is 10.6 Å². The molecule has 0 spiro atoms. The number of nitro benzene ring substituents is 2. The fourth-order valence-electron chi connectivity index (χ4n) is 2.04. The third-order valence-corrected chi connectivity index (χ3v) is 3.23. The van der Waals surface area contributed by atoms with Gasteiger partial charge in [0.15, 0.2) is 0 Å². The van der Waals surface area contributed by atoms with E-state index in [4.69, 9.17) is 15.3 Å². The lowest BCUT2D eigenvalue weighted by molar-refractivity contribution is -0.639. The zero-order chi connectivity index (χ0) is 23.8. The molecule has 0 aliphatic carbocycles. The van der Waals surface area contributed by atoms with Crippen molar-refractivity contribution < 1.29 is 33.9 Å². The van der Waals surface area contributed by atoms with E-state index in [9.17, 15) is 30.1 Å².